The van der Waals surface area contributed by atoms with Gasteiger partial charge in [-0.25, -0.2) is 0 Å². The van der Waals surface area contributed by atoms with Gasteiger partial charge in [-0.3, -0.25) is 0 Å². The van der Waals surface area contributed by atoms with Gasteiger partial charge in [-0.05, 0) is 36.8 Å². The maximum absolute atomic E-state index is 12.8. The Hall–Kier alpha value is -2.17. The quantitative estimate of drug-likeness (QED) is 0.793. The monoisotopic (exact) mass is 266 g/mol. The van der Waals surface area contributed by atoms with Crippen LogP contribution in [0.3, 0.4) is 0 Å². The molecule has 0 aromatic heterocycles. The molecule has 0 aliphatic carbocycles. The van der Waals surface area contributed by atoms with Crippen LogP contribution < -0.4 is 11.1 Å². The lowest BCUT2D eigenvalue weighted by Crippen LogP contribution is -2.08. The normalized spacial score (nSPS) is 11.4. The number of anilines is 3. The molecular weight excluding hydrogens is 253 g/mol. The van der Waals surface area contributed by atoms with Gasteiger partial charge in [0.25, 0.3) is 0 Å². The van der Waals surface area contributed by atoms with Gasteiger partial charge in [0.05, 0.1) is 16.9 Å². The Labute approximate surface area is 109 Å². The van der Waals surface area contributed by atoms with E-state index in [1.807, 2.05) is 0 Å². The summed E-state index contributed by atoms with van der Waals surface area (Å²) >= 11 is 0. The van der Waals surface area contributed by atoms with Crippen LogP contribution in [0.4, 0.5) is 30.2 Å². The van der Waals surface area contributed by atoms with E-state index in [1.165, 1.54) is 13.0 Å². The zero-order chi connectivity index (χ0) is 14.0. The van der Waals surface area contributed by atoms with E-state index in [0.717, 1.165) is 6.07 Å². The smallest absolute Gasteiger partial charge is 0.397 e. The van der Waals surface area contributed by atoms with Crippen LogP contribution in [0.5, 0.6) is 0 Å². The van der Waals surface area contributed by atoms with Crippen LogP contribution in [0, 0.1) is 6.92 Å². The maximum atomic E-state index is 12.8. The number of halogens is 3. The second-order valence-electron chi connectivity index (χ2n) is 4.24. The molecule has 0 heterocycles. The molecule has 0 fully saturated rings. The zero-order valence-corrected chi connectivity index (χ0v) is 10.3. The van der Waals surface area contributed by atoms with Crippen LogP contribution >= 0.6 is 0 Å². The molecule has 0 radical (unpaired) electrons. The second kappa shape index (κ2) is 4.84. The van der Waals surface area contributed by atoms with Crippen molar-refractivity contribution in [1.82, 2.24) is 0 Å². The van der Waals surface area contributed by atoms with Gasteiger partial charge in [0.2, 0.25) is 0 Å². The molecule has 19 heavy (non-hydrogen) atoms. The number of para-hydroxylation sites is 2. The molecule has 2 aromatic carbocycles. The van der Waals surface area contributed by atoms with E-state index in [4.69, 9.17) is 5.73 Å². The van der Waals surface area contributed by atoms with Crippen LogP contribution in [0.25, 0.3) is 0 Å². The Morgan fingerprint density at radius 3 is 2.37 bits per heavy atom. The molecule has 0 saturated carbocycles. The van der Waals surface area contributed by atoms with Gasteiger partial charge >= 0.3 is 6.18 Å². The third kappa shape index (κ3) is 2.99. The van der Waals surface area contributed by atoms with Crippen molar-refractivity contribution in [2.45, 2.75) is 13.1 Å². The Bertz CT molecular complexity index is 591. The molecule has 2 nitrogen and oxygen atoms in total. The van der Waals surface area contributed by atoms with E-state index < -0.39 is 11.7 Å². The summed E-state index contributed by atoms with van der Waals surface area (Å²) in [5.74, 6) is 0. The summed E-state index contributed by atoms with van der Waals surface area (Å²) in [6, 6.07) is 11.0. The first kappa shape index (κ1) is 13.3. The van der Waals surface area contributed by atoms with Crippen LogP contribution in [0.15, 0.2) is 42.5 Å². The zero-order valence-electron chi connectivity index (χ0n) is 10.3. The highest BCUT2D eigenvalue weighted by atomic mass is 19.4. The minimum absolute atomic E-state index is 0.194. The molecule has 0 aliphatic heterocycles. The van der Waals surface area contributed by atoms with Crippen molar-refractivity contribution in [2.75, 3.05) is 11.1 Å². The summed E-state index contributed by atoms with van der Waals surface area (Å²) in [6.07, 6.45) is -4.36. The predicted molar refractivity (Wildman–Crippen MR) is 70.3 cm³/mol. The van der Waals surface area contributed by atoms with Gasteiger partial charge in [0.15, 0.2) is 0 Å². The summed E-state index contributed by atoms with van der Waals surface area (Å²) in [5.41, 5.74) is 6.71. The van der Waals surface area contributed by atoms with Crippen LogP contribution in [-0.2, 0) is 6.18 Å². The lowest BCUT2D eigenvalue weighted by Gasteiger charge is -2.14. The van der Waals surface area contributed by atoms with Crippen molar-refractivity contribution in [3.63, 3.8) is 0 Å². The number of nitrogens with one attached hydrogen (secondary N) is 1. The largest absolute Gasteiger partial charge is 0.416 e. The molecular formula is C14H13F3N2. The Morgan fingerprint density at radius 2 is 1.74 bits per heavy atom. The third-order valence-electron chi connectivity index (χ3n) is 2.78. The van der Waals surface area contributed by atoms with Crippen molar-refractivity contribution in [3.8, 4) is 0 Å². The molecule has 0 saturated heterocycles. The van der Waals surface area contributed by atoms with Gasteiger partial charge in [-0.2, -0.15) is 13.2 Å². The third-order valence-corrected chi connectivity index (χ3v) is 2.78. The number of nitrogen functional groups attached to an aromatic ring is 1. The van der Waals surface area contributed by atoms with E-state index in [2.05, 4.69) is 5.32 Å². The summed E-state index contributed by atoms with van der Waals surface area (Å²) in [4.78, 5) is 0. The Morgan fingerprint density at radius 1 is 1.05 bits per heavy atom. The average molecular weight is 266 g/mol. The summed E-state index contributed by atoms with van der Waals surface area (Å²) in [6.45, 7) is 1.43. The highest BCUT2D eigenvalue weighted by Crippen LogP contribution is 2.34. The van der Waals surface area contributed by atoms with Crippen molar-refractivity contribution >= 4 is 17.1 Å². The number of hydrogen-bond acceptors (Lipinski definition) is 2. The number of benzene rings is 2. The van der Waals surface area contributed by atoms with E-state index in [0.29, 0.717) is 17.1 Å². The van der Waals surface area contributed by atoms with Crippen LogP contribution in [0.2, 0.25) is 0 Å². The topological polar surface area (TPSA) is 38.0 Å². The van der Waals surface area contributed by atoms with E-state index in [9.17, 15) is 13.2 Å². The number of rotatable bonds is 2. The molecule has 2 aromatic rings. The molecule has 3 N–H and O–H groups in total. The molecule has 0 amide bonds. The van der Waals surface area contributed by atoms with Crippen LogP contribution in [-0.4, -0.2) is 0 Å². The van der Waals surface area contributed by atoms with E-state index in [-0.39, 0.29) is 5.56 Å². The highest BCUT2D eigenvalue weighted by molar-refractivity contribution is 5.72. The summed E-state index contributed by atoms with van der Waals surface area (Å²) in [7, 11) is 0. The van der Waals surface area contributed by atoms with E-state index >= 15 is 0 Å². The molecule has 0 atom stereocenters. The standard InChI is InChI=1S/C14H13F3N2/c1-9-6-7-10(8-11(9)14(15,16)17)19-13-5-3-2-4-12(13)18/h2-8,19H,18H2,1H3. The molecule has 0 bridgehead atoms. The molecule has 0 unspecified atom stereocenters. The summed E-state index contributed by atoms with van der Waals surface area (Å²) in [5, 5.41) is 2.89. The first-order valence-corrected chi connectivity index (χ1v) is 5.67. The molecule has 100 valence electrons. The molecule has 5 heteroatoms. The fourth-order valence-electron chi connectivity index (χ4n) is 1.77. The first-order valence-electron chi connectivity index (χ1n) is 5.67. The van der Waals surface area contributed by atoms with Crippen molar-refractivity contribution in [1.29, 1.82) is 0 Å². The first-order chi connectivity index (χ1) is 8.88. The number of aryl methyl sites for hydroxylation is 1. The van der Waals surface area contributed by atoms with E-state index in [1.54, 1.807) is 30.3 Å². The Kier molecular flexibility index (Phi) is 3.38. The number of alkyl halides is 3. The highest BCUT2D eigenvalue weighted by Gasteiger charge is 2.32. The predicted octanol–water partition coefficient (Wildman–Crippen LogP) is 4.34. The Balaban J connectivity index is 2.35. The number of hydrogen-bond donors (Lipinski definition) is 2. The van der Waals surface area contributed by atoms with Crippen molar-refractivity contribution in [2.24, 2.45) is 0 Å². The van der Waals surface area contributed by atoms with Gasteiger partial charge in [-0.1, -0.05) is 18.2 Å². The number of nitrogens with two attached hydrogens (primary N) is 1. The maximum Gasteiger partial charge on any atom is 0.416 e. The fraction of sp³-hybridized carbons (Fsp3) is 0.143. The lowest BCUT2D eigenvalue weighted by molar-refractivity contribution is -0.138. The summed E-state index contributed by atoms with van der Waals surface area (Å²) < 4.78 is 38.4. The van der Waals surface area contributed by atoms with Gasteiger partial charge < -0.3 is 11.1 Å². The second-order valence-corrected chi connectivity index (χ2v) is 4.24. The van der Waals surface area contributed by atoms with Gasteiger partial charge in [-0.15, -0.1) is 0 Å². The van der Waals surface area contributed by atoms with Gasteiger partial charge in [0.1, 0.15) is 0 Å². The van der Waals surface area contributed by atoms with Crippen molar-refractivity contribution < 1.29 is 13.2 Å². The molecule has 0 aliphatic rings. The van der Waals surface area contributed by atoms with Crippen molar-refractivity contribution in [3.05, 3.63) is 53.6 Å². The SMILES string of the molecule is Cc1ccc(Nc2ccccc2N)cc1C(F)(F)F. The molecule has 0 spiro atoms. The average Bonchev–Trinajstić information content (AvgIpc) is 2.33. The molecule has 2 rings (SSSR count). The minimum atomic E-state index is -4.36. The van der Waals surface area contributed by atoms with Crippen LogP contribution in [0.1, 0.15) is 11.1 Å². The fourth-order valence-corrected chi connectivity index (χ4v) is 1.77. The van der Waals surface area contributed by atoms with Gasteiger partial charge in [0, 0.05) is 5.69 Å². The minimum Gasteiger partial charge on any atom is -0.397 e. The lowest BCUT2D eigenvalue weighted by atomic mass is 10.1.